The predicted octanol–water partition coefficient (Wildman–Crippen LogP) is -0.424. The molecule has 11 heteroatoms. The van der Waals surface area contributed by atoms with Crippen LogP contribution in [0.2, 0.25) is 0 Å². The first kappa shape index (κ1) is 22.3. The van der Waals surface area contributed by atoms with Gasteiger partial charge in [-0.15, -0.1) is 0 Å². The molecule has 0 aliphatic carbocycles. The number of thioether (sulfide) groups is 1. The van der Waals surface area contributed by atoms with E-state index in [0.29, 0.717) is 13.1 Å². The number of likely N-dealkylation sites (N-methyl/N-ethyl adjacent to an activating group) is 1. The van der Waals surface area contributed by atoms with Crippen LogP contribution < -0.4 is 10.1 Å². The number of aromatic carboxylic acids is 1. The smallest absolute Gasteiger partial charge is 0.465 e. The van der Waals surface area contributed by atoms with E-state index in [9.17, 15) is 29.9 Å². The van der Waals surface area contributed by atoms with Gasteiger partial charge >= 0.3 is 13.1 Å². The Morgan fingerprint density at radius 1 is 1.43 bits per heavy atom. The number of benzene rings is 1. The first-order chi connectivity index (χ1) is 13.3. The number of methoxy groups -OCH3 is 1. The van der Waals surface area contributed by atoms with Gasteiger partial charge in [-0.25, -0.2) is 4.79 Å². The average Bonchev–Trinajstić information content (AvgIpc) is 3.14. The molecule has 2 unspecified atom stereocenters. The van der Waals surface area contributed by atoms with Crippen molar-refractivity contribution < 1.29 is 34.6 Å². The van der Waals surface area contributed by atoms with Gasteiger partial charge in [0.2, 0.25) is 5.91 Å². The zero-order chi connectivity index (χ0) is 20.8. The largest absolute Gasteiger partial charge is 0.507 e. The van der Waals surface area contributed by atoms with Crippen molar-refractivity contribution in [2.24, 2.45) is 0 Å². The number of phenols is 1. The summed E-state index contributed by atoms with van der Waals surface area (Å²) in [5.41, 5.74) is -0.157. The Bertz CT molecular complexity index is 719. The zero-order valence-corrected chi connectivity index (χ0v) is 16.6. The van der Waals surface area contributed by atoms with Crippen molar-refractivity contribution >= 4 is 30.8 Å². The SMILES string of the molecule is CNC1CCN(C(=O)CSC(Cc2ccc(OC)c(C(=O)O)c2O)B(O)O)C1. The second-order valence-corrected chi connectivity index (χ2v) is 7.76. The number of hydrogen-bond donors (Lipinski definition) is 5. The highest BCUT2D eigenvalue weighted by atomic mass is 32.2. The van der Waals surface area contributed by atoms with Crippen LogP contribution in [-0.2, 0) is 11.2 Å². The van der Waals surface area contributed by atoms with Crippen LogP contribution in [0.25, 0.3) is 0 Å². The Labute approximate surface area is 167 Å². The molecule has 1 saturated heterocycles. The van der Waals surface area contributed by atoms with Gasteiger partial charge in [-0.1, -0.05) is 6.07 Å². The predicted molar refractivity (Wildman–Crippen MR) is 106 cm³/mol. The minimum absolute atomic E-state index is 0.00537. The molecule has 1 aliphatic heterocycles. The lowest BCUT2D eigenvalue weighted by Gasteiger charge is -2.20. The number of carboxylic acid groups (broad SMARTS) is 1. The topological polar surface area (TPSA) is 140 Å². The van der Waals surface area contributed by atoms with Crippen LogP contribution in [-0.4, -0.2) is 88.3 Å². The molecule has 1 amide bonds. The molecule has 1 aromatic rings. The van der Waals surface area contributed by atoms with Crippen molar-refractivity contribution in [3.8, 4) is 11.5 Å². The van der Waals surface area contributed by atoms with Gasteiger partial charge in [-0.2, -0.15) is 11.8 Å². The number of nitrogens with zero attached hydrogens (tertiary/aromatic N) is 1. The Balaban J connectivity index is 2.06. The van der Waals surface area contributed by atoms with Gasteiger partial charge in [0, 0.05) is 24.3 Å². The molecule has 0 aromatic heterocycles. The zero-order valence-electron chi connectivity index (χ0n) is 15.8. The minimum Gasteiger partial charge on any atom is -0.507 e. The lowest BCUT2D eigenvalue weighted by atomic mass is 9.81. The molecule has 0 bridgehead atoms. The fourth-order valence-electron chi connectivity index (χ4n) is 3.12. The number of nitrogens with one attached hydrogen (secondary N) is 1. The summed E-state index contributed by atoms with van der Waals surface area (Å²) in [6.07, 6.45) is 0.849. The molecule has 2 rings (SSSR count). The van der Waals surface area contributed by atoms with Crippen LogP contribution in [0.15, 0.2) is 12.1 Å². The molecule has 1 aromatic carbocycles. The molecule has 154 valence electrons. The summed E-state index contributed by atoms with van der Waals surface area (Å²) in [5, 5.41) is 41.3. The van der Waals surface area contributed by atoms with Crippen LogP contribution in [0.1, 0.15) is 22.3 Å². The van der Waals surface area contributed by atoms with Crippen LogP contribution in [0.4, 0.5) is 0 Å². The van der Waals surface area contributed by atoms with E-state index in [4.69, 9.17) is 4.74 Å². The number of amides is 1. The maximum Gasteiger partial charge on any atom is 0.465 e. The van der Waals surface area contributed by atoms with Crippen molar-refractivity contribution in [3.05, 3.63) is 23.3 Å². The van der Waals surface area contributed by atoms with E-state index in [0.717, 1.165) is 18.2 Å². The number of ether oxygens (including phenoxy) is 1. The van der Waals surface area contributed by atoms with Crippen molar-refractivity contribution in [2.75, 3.05) is 33.0 Å². The van der Waals surface area contributed by atoms with Gasteiger partial charge in [-0.05, 0) is 31.5 Å². The van der Waals surface area contributed by atoms with E-state index in [1.54, 1.807) is 4.90 Å². The van der Waals surface area contributed by atoms with Crippen LogP contribution >= 0.6 is 11.8 Å². The number of carbonyl (C=O) groups is 2. The van der Waals surface area contributed by atoms with E-state index in [1.165, 1.54) is 19.2 Å². The van der Waals surface area contributed by atoms with Gasteiger partial charge < -0.3 is 35.2 Å². The van der Waals surface area contributed by atoms with Crippen LogP contribution in [0.3, 0.4) is 0 Å². The van der Waals surface area contributed by atoms with Gasteiger partial charge in [-0.3, -0.25) is 4.79 Å². The van der Waals surface area contributed by atoms with E-state index in [1.807, 2.05) is 7.05 Å². The normalized spacial score (nSPS) is 17.4. The van der Waals surface area contributed by atoms with E-state index >= 15 is 0 Å². The third-order valence-electron chi connectivity index (χ3n) is 4.78. The molecule has 1 aliphatic rings. The molecule has 1 fully saturated rings. The lowest BCUT2D eigenvalue weighted by Crippen LogP contribution is -2.36. The van der Waals surface area contributed by atoms with E-state index < -0.39 is 24.0 Å². The number of aromatic hydroxyl groups is 1. The van der Waals surface area contributed by atoms with Crippen molar-refractivity contribution in [2.45, 2.75) is 24.0 Å². The molecule has 28 heavy (non-hydrogen) atoms. The standard InChI is InChI=1S/C17H25BN2O7S/c1-19-11-5-6-20(8-11)14(21)9-28-13(18(25)26)7-10-3-4-12(27-2)15(16(10)22)17(23)24/h3-4,11,13,19,22,25-26H,5-9H2,1-2H3,(H,23,24). The Kier molecular flexibility index (Phi) is 7.99. The van der Waals surface area contributed by atoms with Crippen LogP contribution in [0.5, 0.6) is 11.5 Å². The van der Waals surface area contributed by atoms with Crippen molar-refractivity contribution in [1.29, 1.82) is 0 Å². The molecule has 1 heterocycles. The third-order valence-corrected chi connectivity index (χ3v) is 6.03. The second-order valence-electron chi connectivity index (χ2n) is 6.54. The quantitative estimate of drug-likeness (QED) is 0.342. The molecule has 0 radical (unpaired) electrons. The van der Waals surface area contributed by atoms with Crippen molar-refractivity contribution in [1.82, 2.24) is 10.2 Å². The summed E-state index contributed by atoms with van der Waals surface area (Å²) < 4.78 is 4.95. The summed E-state index contributed by atoms with van der Waals surface area (Å²) in [6.45, 7) is 1.27. The summed E-state index contributed by atoms with van der Waals surface area (Å²) in [6, 6.07) is 3.13. The highest BCUT2D eigenvalue weighted by Gasteiger charge is 2.30. The first-order valence-electron chi connectivity index (χ1n) is 8.83. The monoisotopic (exact) mass is 412 g/mol. The average molecular weight is 412 g/mol. The van der Waals surface area contributed by atoms with Gasteiger partial charge in [0.15, 0.2) is 0 Å². The number of rotatable bonds is 9. The molecular weight excluding hydrogens is 387 g/mol. The second kappa shape index (κ2) is 10.0. The number of carbonyl (C=O) groups excluding carboxylic acids is 1. The lowest BCUT2D eigenvalue weighted by molar-refractivity contribution is -0.127. The molecule has 0 saturated carbocycles. The minimum atomic E-state index is -1.74. The summed E-state index contributed by atoms with van der Waals surface area (Å²) >= 11 is 1.06. The fraction of sp³-hybridized carbons (Fsp3) is 0.529. The van der Waals surface area contributed by atoms with Crippen LogP contribution in [0, 0.1) is 0 Å². The number of hydrogen-bond acceptors (Lipinski definition) is 8. The molecule has 0 spiro atoms. The molecule has 2 atom stereocenters. The summed E-state index contributed by atoms with van der Waals surface area (Å²) in [5.74, 6) is -1.88. The Morgan fingerprint density at radius 3 is 2.68 bits per heavy atom. The fourth-order valence-corrected chi connectivity index (χ4v) is 4.13. The van der Waals surface area contributed by atoms with Gasteiger partial charge in [0.1, 0.15) is 17.1 Å². The van der Waals surface area contributed by atoms with E-state index in [2.05, 4.69) is 5.32 Å². The Morgan fingerprint density at radius 2 is 2.14 bits per heavy atom. The third kappa shape index (κ3) is 5.31. The Hall–Kier alpha value is -1.95. The van der Waals surface area contributed by atoms with Crippen molar-refractivity contribution in [3.63, 3.8) is 0 Å². The van der Waals surface area contributed by atoms with Gasteiger partial charge in [0.25, 0.3) is 0 Å². The molecule has 9 nitrogen and oxygen atoms in total. The highest BCUT2D eigenvalue weighted by molar-refractivity contribution is 8.01. The molecular formula is C17H25BN2O7S. The summed E-state index contributed by atoms with van der Waals surface area (Å²) in [7, 11) is 1.40. The highest BCUT2D eigenvalue weighted by Crippen LogP contribution is 2.33. The molecule has 5 N–H and O–H groups in total. The first-order valence-corrected chi connectivity index (χ1v) is 9.88. The van der Waals surface area contributed by atoms with E-state index in [-0.39, 0.29) is 41.0 Å². The number of carboxylic acids is 1. The summed E-state index contributed by atoms with van der Waals surface area (Å²) in [4.78, 5) is 25.5. The maximum atomic E-state index is 12.4. The maximum absolute atomic E-state index is 12.4. The number of likely N-dealkylation sites (tertiary alicyclic amines) is 1. The van der Waals surface area contributed by atoms with Gasteiger partial charge in [0.05, 0.1) is 12.9 Å².